The predicted octanol–water partition coefficient (Wildman–Crippen LogP) is 3.70. The van der Waals surface area contributed by atoms with Crippen molar-refractivity contribution in [3.05, 3.63) is 47.5 Å². The number of pyridine rings is 1. The molecule has 2 aromatic rings. The molecule has 0 unspecified atom stereocenters. The molecule has 0 radical (unpaired) electrons. The number of ether oxygens (including phenoxy) is 2. The number of carbonyl (C=O) groups is 2. The van der Waals surface area contributed by atoms with Crippen molar-refractivity contribution in [1.29, 1.82) is 0 Å². The van der Waals surface area contributed by atoms with Gasteiger partial charge in [-0.05, 0) is 64.7 Å². The van der Waals surface area contributed by atoms with Crippen molar-refractivity contribution in [2.75, 3.05) is 6.61 Å². The summed E-state index contributed by atoms with van der Waals surface area (Å²) >= 11 is 0. The van der Waals surface area contributed by atoms with E-state index in [1.165, 1.54) is 0 Å². The highest BCUT2D eigenvalue weighted by molar-refractivity contribution is 5.91. The molecular formula is C21H27N3O4. The Balaban J connectivity index is 1.60. The van der Waals surface area contributed by atoms with E-state index in [4.69, 9.17) is 9.47 Å². The quantitative estimate of drug-likeness (QED) is 0.794. The Hall–Kier alpha value is -2.83. The van der Waals surface area contributed by atoms with E-state index < -0.39 is 0 Å². The summed E-state index contributed by atoms with van der Waals surface area (Å²) < 4.78 is 12.7. The fraction of sp³-hybridized carbons (Fsp3) is 0.476. The van der Waals surface area contributed by atoms with E-state index >= 15 is 0 Å². The molecule has 150 valence electrons. The topological polar surface area (TPSA) is 82.5 Å². The molecule has 0 saturated heterocycles. The smallest absolute Gasteiger partial charge is 0.407 e. The van der Waals surface area contributed by atoms with Gasteiger partial charge in [0.05, 0.1) is 24.1 Å². The highest BCUT2D eigenvalue weighted by Gasteiger charge is 2.27. The Morgan fingerprint density at radius 2 is 2.00 bits per heavy atom. The second-order valence-corrected chi connectivity index (χ2v) is 7.08. The number of nitrogens with zero attached hydrogens (tertiary/aromatic N) is 2. The van der Waals surface area contributed by atoms with Crippen LogP contribution in [0.3, 0.4) is 0 Å². The maximum absolute atomic E-state index is 12.7. The van der Waals surface area contributed by atoms with Gasteiger partial charge in [-0.1, -0.05) is 0 Å². The Morgan fingerprint density at radius 3 is 2.64 bits per heavy atom. The molecule has 1 N–H and O–H groups in total. The third kappa shape index (κ3) is 4.52. The van der Waals surface area contributed by atoms with Crippen molar-refractivity contribution >= 4 is 12.1 Å². The summed E-state index contributed by atoms with van der Waals surface area (Å²) in [6.07, 6.45) is 5.97. The van der Waals surface area contributed by atoms with Crippen molar-refractivity contribution < 1.29 is 19.1 Å². The van der Waals surface area contributed by atoms with Gasteiger partial charge in [-0.25, -0.2) is 9.59 Å². The van der Waals surface area contributed by atoms with Crippen LogP contribution in [0.4, 0.5) is 4.79 Å². The van der Waals surface area contributed by atoms with Crippen LogP contribution >= 0.6 is 0 Å². The van der Waals surface area contributed by atoms with Crippen LogP contribution in [-0.2, 0) is 9.47 Å². The number of aromatic nitrogens is 2. The number of esters is 1. The lowest BCUT2D eigenvalue weighted by Crippen LogP contribution is -2.39. The van der Waals surface area contributed by atoms with Crippen molar-refractivity contribution in [2.45, 2.75) is 58.6 Å². The second-order valence-electron chi connectivity index (χ2n) is 7.08. The van der Waals surface area contributed by atoms with Crippen molar-refractivity contribution in [1.82, 2.24) is 14.9 Å². The molecule has 0 spiro atoms. The third-order valence-corrected chi connectivity index (χ3v) is 5.10. The van der Waals surface area contributed by atoms with Crippen LogP contribution in [-0.4, -0.2) is 40.4 Å². The van der Waals surface area contributed by atoms with E-state index in [-0.39, 0.29) is 24.2 Å². The van der Waals surface area contributed by atoms with Gasteiger partial charge in [0, 0.05) is 23.6 Å². The van der Waals surface area contributed by atoms with Gasteiger partial charge in [-0.15, -0.1) is 0 Å². The number of hydrogen-bond acceptors (Lipinski definition) is 5. The van der Waals surface area contributed by atoms with Gasteiger partial charge >= 0.3 is 12.1 Å². The van der Waals surface area contributed by atoms with Gasteiger partial charge < -0.3 is 19.4 Å². The minimum atomic E-state index is -0.384. The van der Waals surface area contributed by atoms with Gasteiger partial charge in [0.2, 0.25) is 0 Å². The molecule has 0 atom stereocenters. The fourth-order valence-corrected chi connectivity index (χ4v) is 3.73. The van der Waals surface area contributed by atoms with Crippen LogP contribution in [0.2, 0.25) is 0 Å². The first-order valence-corrected chi connectivity index (χ1v) is 9.73. The van der Waals surface area contributed by atoms with Crippen LogP contribution < -0.4 is 5.32 Å². The zero-order valence-electron chi connectivity index (χ0n) is 16.6. The molecule has 0 aromatic carbocycles. The molecule has 7 nitrogen and oxygen atoms in total. The Labute approximate surface area is 165 Å². The lowest BCUT2D eigenvalue weighted by Gasteiger charge is -2.28. The van der Waals surface area contributed by atoms with E-state index in [0.717, 1.165) is 42.8 Å². The average Bonchev–Trinajstić information content (AvgIpc) is 2.98. The van der Waals surface area contributed by atoms with E-state index in [1.54, 1.807) is 19.3 Å². The van der Waals surface area contributed by atoms with Crippen LogP contribution in [0, 0.1) is 13.8 Å². The Morgan fingerprint density at radius 1 is 1.25 bits per heavy atom. The largest absolute Gasteiger partial charge is 0.459 e. The van der Waals surface area contributed by atoms with Crippen LogP contribution in [0.5, 0.6) is 0 Å². The average molecular weight is 385 g/mol. The summed E-state index contributed by atoms with van der Waals surface area (Å²) in [6.45, 7) is 6.01. The molecule has 2 heterocycles. The number of amides is 1. The Bertz CT molecular complexity index is 824. The molecule has 3 rings (SSSR count). The standard InChI is InChI=1S/C21H27N3O4/c1-4-27-21(26)23-16-7-9-18(10-8-16)28-20(25)19-12-14(2)24(15(19)3)17-6-5-11-22-13-17/h5-6,11-13,16,18H,4,7-10H2,1-3H3,(H,23,26). The number of alkyl carbamates (subject to hydrolysis) is 1. The normalized spacial score (nSPS) is 19.1. The summed E-state index contributed by atoms with van der Waals surface area (Å²) in [7, 11) is 0. The van der Waals surface area contributed by atoms with E-state index in [0.29, 0.717) is 12.2 Å². The van der Waals surface area contributed by atoms with Gasteiger partial charge in [-0.2, -0.15) is 0 Å². The van der Waals surface area contributed by atoms with Crippen LogP contribution in [0.15, 0.2) is 30.6 Å². The van der Waals surface area contributed by atoms with Crippen LogP contribution in [0.1, 0.15) is 54.4 Å². The molecule has 28 heavy (non-hydrogen) atoms. The maximum atomic E-state index is 12.7. The summed E-state index contributed by atoms with van der Waals surface area (Å²) in [4.78, 5) is 28.4. The first-order chi connectivity index (χ1) is 13.5. The monoisotopic (exact) mass is 385 g/mol. The highest BCUT2D eigenvalue weighted by atomic mass is 16.5. The lowest BCUT2D eigenvalue weighted by atomic mass is 9.93. The summed E-state index contributed by atoms with van der Waals surface area (Å²) in [5.74, 6) is -0.301. The zero-order valence-corrected chi connectivity index (χ0v) is 16.6. The molecule has 7 heteroatoms. The van der Waals surface area contributed by atoms with Gasteiger partial charge in [-0.3, -0.25) is 4.98 Å². The lowest BCUT2D eigenvalue weighted by molar-refractivity contribution is 0.0182. The number of nitrogens with one attached hydrogen (secondary N) is 1. The zero-order chi connectivity index (χ0) is 20.1. The first kappa shape index (κ1) is 19.9. The van der Waals surface area contributed by atoms with E-state index in [9.17, 15) is 9.59 Å². The number of rotatable bonds is 5. The molecule has 1 fully saturated rings. The third-order valence-electron chi connectivity index (χ3n) is 5.10. The van der Waals surface area contributed by atoms with Crippen molar-refractivity contribution in [2.24, 2.45) is 0 Å². The molecule has 1 saturated carbocycles. The van der Waals surface area contributed by atoms with Gasteiger partial charge in [0.15, 0.2) is 0 Å². The summed E-state index contributed by atoms with van der Waals surface area (Å²) in [5, 5.41) is 2.85. The molecule has 1 aliphatic rings. The molecule has 0 aliphatic heterocycles. The number of carbonyl (C=O) groups excluding carboxylic acids is 2. The van der Waals surface area contributed by atoms with Crippen molar-refractivity contribution in [3.8, 4) is 5.69 Å². The maximum Gasteiger partial charge on any atom is 0.407 e. The van der Waals surface area contributed by atoms with E-state index in [1.807, 2.05) is 36.6 Å². The first-order valence-electron chi connectivity index (χ1n) is 9.73. The van der Waals surface area contributed by atoms with Crippen molar-refractivity contribution in [3.63, 3.8) is 0 Å². The minimum Gasteiger partial charge on any atom is -0.459 e. The van der Waals surface area contributed by atoms with Crippen LogP contribution in [0.25, 0.3) is 5.69 Å². The van der Waals surface area contributed by atoms with Gasteiger partial charge in [0.25, 0.3) is 0 Å². The molecule has 2 aromatic heterocycles. The summed E-state index contributed by atoms with van der Waals surface area (Å²) in [5.41, 5.74) is 3.29. The molecule has 1 aliphatic carbocycles. The number of hydrogen-bond donors (Lipinski definition) is 1. The molecule has 0 bridgehead atoms. The van der Waals surface area contributed by atoms with E-state index in [2.05, 4.69) is 10.3 Å². The second kappa shape index (κ2) is 8.91. The number of aryl methyl sites for hydroxylation is 1. The molecular weight excluding hydrogens is 358 g/mol. The summed E-state index contributed by atoms with van der Waals surface area (Å²) in [6, 6.07) is 5.76. The predicted molar refractivity (Wildman–Crippen MR) is 105 cm³/mol. The minimum absolute atomic E-state index is 0.0737. The fourth-order valence-electron chi connectivity index (χ4n) is 3.73. The Kier molecular flexibility index (Phi) is 6.34. The van der Waals surface area contributed by atoms with Gasteiger partial charge in [0.1, 0.15) is 6.10 Å². The SMILES string of the molecule is CCOC(=O)NC1CCC(OC(=O)c2cc(C)n(-c3cccnc3)c2C)CC1. The molecule has 1 amide bonds. The highest BCUT2D eigenvalue weighted by Crippen LogP contribution is 2.25.